The van der Waals surface area contributed by atoms with Gasteiger partial charge in [0.1, 0.15) is 0 Å². The molecule has 0 bridgehead atoms. The number of rotatable bonds is 4. The summed E-state index contributed by atoms with van der Waals surface area (Å²) in [5, 5.41) is 0. The molecule has 0 N–H and O–H groups in total. The Morgan fingerprint density at radius 3 is 2.41 bits per heavy atom. The molecule has 0 spiro atoms. The second-order valence-electron chi connectivity index (χ2n) is 8.92. The first-order chi connectivity index (χ1) is 14.2. The monoisotopic (exact) mass is 380 g/mol. The number of hydrogen-bond donors (Lipinski definition) is 0. The summed E-state index contributed by atoms with van der Waals surface area (Å²) in [5.74, 6) is 1.87. The zero-order chi connectivity index (χ0) is 19.8. The third-order valence-electron chi connectivity index (χ3n) is 6.65. The van der Waals surface area contributed by atoms with Crippen molar-refractivity contribution in [3.8, 4) is 11.1 Å². The lowest BCUT2D eigenvalue weighted by Gasteiger charge is -2.40. The average Bonchev–Trinajstić information content (AvgIpc) is 3.09. The van der Waals surface area contributed by atoms with Gasteiger partial charge in [-0.25, -0.2) is 0 Å². The van der Waals surface area contributed by atoms with Gasteiger partial charge in [0.05, 0.1) is 0 Å². The summed E-state index contributed by atoms with van der Waals surface area (Å²) in [6.45, 7) is 5.74. The van der Waals surface area contributed by atoms with Crippen LogP contribution in [0.3, 0.4) is 0 Å². The van der Waals surface area contributed by atoms with Crippen LogP contribution in [0.5, 0.6) is 0 Å². The van der Waals surface area contributed by atoms with Gasteiger partial charge < -0.3 is 4.90 Å². The maximum Gasteiger partial charge on any atom is 0.0417 e. The van der Waals surface area contributed by atoms with E-state index in [1.54, 1.807) is 0 Å². The highest BCUT2D eigenvalue weighted by atomic mass is 15.2. The number of piperidine rings is 1. The van der Waals surface area contributed by atoms with Crippen LogP contribution in [0, 0.1) is 5.92 Å². The molecule has 147 valence electrons. The van der Waals surface area contributed by atoms with E-state index in [4.69, 9.17) is 0 Å². The lowest BCUT2D eigenvalue weighted by molar-refractivity contribution is 0.443. The first kappa shape index (κ1) is 18.5. The van der Waals surface area contributed by atoms with Crippen LogP contribution in [-0.4, -0.2) is 12.6 Å². The number of nitrogens with zero attached hydrogens (tertiary/aromatic N) is 1. The highest BCUT2D eigenvalue weighted by molar-refractivity contribution is 5.86. The number of anilines is 1. The summed E-state index contributed by atoms with van der Waals surface area (Å²) in [7, 11) is 0. The number of benzene rings is 3. The van der Waals surface area contributed by atoms with Crippen LogP contribution in [0.2, 0.25) is 0 Å². The highest BCUT2D eigenvalue weighted by Crippen LogP contribution is 2.52. The molecule has 1 heteroatoms. The van der Waals surface area contributed by atoms with Crippen LogP contribution < -0.4 is 4.90 Å². The minimum absolute atomic E-state index is 0.327. The summed E-state index contributed by atoms with van der Waals surface area (Å²) in [6, 6.07) is 27.7. The normalized spacial score (nSPS) is 20.6. The zero-order valence-corrected chi connectivity index (χ0v) is 17.6. The predicted octanol–water partition coefficient (Wildman–Crippen LogP) is 7.21. The van der Waals surface area contributed by atoms with Crippen LogP contribution in [0.1, 0.15) is 62.1 Å². The van der Waals surface area contributed by atoms with Gasteiger partial charge in [-0.3, -0.25) is 0 Å². The van der Waals surface area contributed by atoms with Crippen molar-refractivity contribution in [1.82, 2.24) is 0 Å². The molecule has 2 aliphatic rings. The molecule has 3 aromatic rings. The van der Waals surface area contributed by atoms with E-state index in [0.29, 0.717) is 12.0 Å². The third kappa shape index (κ3) is 3.27. The Kier molecular flexibility index (Phi) is 4.91. The molecule has 0 aromatic heterocycles. The zero-order valence-electron chi connectivity index (χ0n) is 17.6. The molecule has 2 atom stereocenters. The molecule has 0 amide bonds. The molecule has 1 nitrogen and oxygen atoms in total. The summed E-state index contributed by atoms with van der Waals surface area (Å²) in [5.41, 5.74) is 8.66. The van der Waals surface area contributed by atoms with Crippen molar-refractivity contribution in [3.63, 3.8) is 0 Å². The summed E-state index contributed by atoms with van der Waals surface area (Å²) < 4.78 is 0. The molecule has 1 saturated heterocycles. The lowest BCUT2D eigenvalue weighted by Crippen LogP contribution is -2.40. The van der Waals surface area contributed by atoms with Gasteiger partial charge in [-0.2, -0.15) is 0 Å². The van der Waals surface area contributed by atoms with Gasteiger partial charge in [-0.1, -0.05) is 80.6 Å². The van der Waals surface area contributed by atoms with E-state index in [-0.39, 0.29) is 0 Å². The van der Waals surface area contributed by atoms with Crippen LogP contribution in [0.15, 0.2) is 72.8 Å². The van der Waals surface area contributed by atoms with Crippen LogP contribution in [0.4, 0.5) is 5.69 Å². The molecule has 1 fully saturated rings. The molecular formula is C28H30N. The van der Waals surface area contributed by atoms with Gasteiger partial charge in [-0.15, -0.1) is 0 Å². The number of fused-ring (bicyclic) bond motifs is 3. The predicted molar refractivity (Wildman–Crippen MR) is 123 cm³/mol. The fraction of sp³-hybridized carbons (Fsp3) is 0.321. The van der Waals surface area contributed by atoms with Crippen molar-refractivity contribution in [2.24, 2.45) is 0 Å². The maximum absolute atomic E-state index is 2.73. The van der Waals surface area contributed by atoms with Crippen LogP contribution in [-0.2, 0) is 0 Å². The quantitative estimate of drug-likeness (QED) is 0.361. The topological polar surface area (TPSA) is 3.24 Å². The lowest BCUT2D eigenvalue weighted by atomic mass is 9.86. The van der Waals surface area contributed by atoms with Gasteiger partial charge in [0, 0.05) is 24.2 Å². The van der Waals surface area contributed by atoms with Gasteiger partial charge in [-0.05, 0) is 65.5 Å². The number of hydrogen-bond acceptors (Lipinski definition) is 1. The van der Waals surface area contributed by atoms with E-state index in [9.17, 15) is 0 Å². The first-order valence-electron chi connectivity index (χ1n) is 11.1. The van der Waals surface area contributed by atoms with Crippen LogP contribution >= 0.6 is 0 Å². The summed E-state index contributed by atoms with van der Waals surface area (Å²) >= 11 is 0. The van der Waals surface area contributed by atoms with Crippen molar-refractivity contribution >= 4 is 5.69 Å². The van der Waals surface area contributed by atoms with Gasteiger partial charge in [0.15, 0.2) is 0 Å². The van der Waals surface area contributed by atoms with Crippen molar-refractivity contribution in [3.05, 3.63) is 95.4 Å². The molecule has 1 radical (unpaired) electrons. The second-order valence-corrected chi connectivity index (χ2v) is 8.92. The van der Waals surface area contributed by atoms with Crippen molar-refractivity contribution < 1.29 is 0 Å². The fourth-order valence-corrected chi connectivity index (χ4v) is 5.48. The first-order valence-corrected chi connectivity index (χ1v) is 11.1. The summed E-state index contributed by atoms with van der Waals surface area (Å²) in [6.07, 6.45) is 5.15. The maximum atomic E-state index is 2.73. The summed E-state index contributed by atoms with van der Waals surface area (Å²) in [4.78, 5) is 2.73. The third-order valence-corrected chi connectivity index (χ3v) is 6.65. The van der Waals surface area contributed by atoms with Gasteiger partial charge in [0.2, 0.25) is 0 Å². The highest BCUT2D eigenvalue weighted by Gasteiger charge is 2.35. The fourth-order valence-electron chi connectivity index (χ4n) is 5.48. The van der Waals surface area contributed by atoms with E-state index in [2.05, 4.69) is 91.5 Å². The minimum Gasteiger partial charge on any atom is -0.368 e. The molecule has 3 aromatic carbocycles. The minimum atomic E-state index is 0.327. The van der Waals surface area contributed by atoms with Crippen LogP contribution in [0.25, 0.3) is 11.1 Å². The van der Waals surface area contributed by atoms with E-state index in [1.807, 2.05) is 0 Å². The van der Waals surface area contributed by atoms with Crippen molar-refractivity contribution in [2.75, 3.05) is 11.4 Å². The van der Waals surface area contributed by atoms with E-state index in [0.717, 1.165) is 0 Å². The molecule has 29 heavy (non-hydrogen) atoms. The van der Waals surface area contributed by atoms with E-state index >= 15 is 0 Å². The molecule has 1 heterocycles. The largest absolute Gasteiger partial charge is 0.368 e. The molecule has 0 saturated carbocycles. The molecule has 2 unspecified atom stereocenters. The van der Waals surface area contributed by atoms with Crippen molar-refractivity contribution in [1.29, 1.82) is 0 Å². The van der Waals surface area contributed by atoms with Gasteiger partial charge in [0.25, 0.3) is 0 Å². The smallest absolute Gasteiger partial charge is 0.0417 e. The molecular weight excluding hydrogens is 350 g/mol. The Hall–Kier alpha value is -2.54. The Balaban J connectivity index is 1.68. The Morgan fingerprint density at radius 1 is 0.828 bits per heavy atom. The molecule has 1 aliphatic carbocycles. The van der Waals surface area contributed by atoms with Gasteiger partial charge >= 0.3 is 0 Å². The van der Waals surface area contributed by atoms with E-state index in [1.165, 1.54) is 71.7 Å². The Morgan fingerprint density at radius 2 is 1.59 bits per heavy atom. The second kappa shape index (κ2) is 7.71. The van der Waals surface area contributed by atoms with E-state index < -0.39 is 0 Å². The standard InChI is InChI=1S/C28H30N/c1-20(2)19-22-13-8-9-18-29(22)26-17-10-16-25-23-14-6-7-15-24(23)27(28(25)26)21-11-4-3-5-12-21/h3-7,10-12,14-17,22,27H,8-9,13,18-19H2,1-2H3. The Labute approximate surface area is 175 Å². The molecule has 1 aliphatic heterocycles. The van der Waals surface area contributed by atoms with Crippen molar-refractivity contribution in [2.45, 2.75) is 51.5 Å². The Bertz CT molecular complexity index is 988. The SMILES string of the molecule is C[C](C)CC1CCCCN1c1cccc2c1C(c1ccccc1)c1ccccc1-2. The average molecular weight is 381 g/mol. The molecule has 5 rings (SSSR count).